The summed E-state index contributed by atoms with van der Waals surface area (Å²) in [6.45, 7) is 0. The monoisotopic (exact) mass is 374 g/mol. The molecule has 5 heteroatoms. The van der Waals surface area contributed by atoms with Crippen LogP contribution in [0.1, 0.15) is 11.1 Å². The summed E-state index contributed by atoms with van der Waals surface area (Å²) >= 11 is 11.0. The van der Waals surface area contributed by atoms with Crippen molar-refractivity contribution >= 4 is 23.2 Å². The fraction of sp³-hybridized carbons (Fsp3) is 0.143. The van der Waals surface area contributed by atoms with Crippen molar-refractivity contribution in [3.8, 4) is 11.5 Å². The van der Waals surface area contributed by atoms with Crippen LogP contribution >= 0.6 is 23.2 Å². The van der Waals surface area contributed by atoms with Gasteiger partial charge in [-0.2, -0.15) is 0 Å². The third-order valence-electron chi connectivity index (χ3n) is 2.13. The van der Waals surface area contributed by atoms with E-state index in [-0.39, 0.29) is 37.7 Å². The third-order valence-corrected chi connectivity index (χ3v) is 2.75. The Morgan fingerprint density at radius 1 is 0.737 bits per heavy atom. The molecular weight excluding hydrogens is 362 g/mol. The molecule has 0 aromatic heterocycles. The van der Waals surface area contributed by atoms with Crippen LogP contribution < -0.4 is 0 Å². The van der Waals surface area contributed by atoms with Crippen LogP contribution in [0.3, 0.4) is 0 Å². The van der Waals surface area contributed by atoms with E-state index in [4.69, 9.17) is 33.4 Å². The van der Waals surface area contributed by atoms with Gasteiger partial charge in [0.05, 0.1) is 0 Å². The first kappa shape index (κ1) is 18.5. The summed E-state index contributed by atoms with van der Waals surface area (Å²) < 4.78 is 0. The third kappa shape index (κ3) is 7.62. The predicted octanol–water partition coefficient (Wildman–Crippen LogP) is 4.26. The Bertz CT molecular complexity index is 447. The van der Waals surface area contributed by atoms with Crippen molar-refractivity contribution in [3.63, 3.8) is 0 Å². The second-order valence-electron chi connectivity index (χ2n) is 3.61. The van der Waals surface area contributed by atoms with E-state index in [1.54, 1.807) is 36.4 Å². The number of hydrogen-bond donors (Lipinski definition) is 2. The van der Waals surface area contributed by atoms with Crippen LogP contribution in [0.25, 0.3) is 0 Å². The second kappa shape index (κ2) is 10.3. The van der Waals surface area contributed by atoms with Gasteiger partial charge in [-0.3, -0.25) is 0 Å². The van der Waals surface area contributed by atoms with Gasteiger partial charge >= 0.3 is 0 Å². The number of halogens is 2. The number of alkyl halides is 2. The predicted molar refractivity (Wildman–Crippen MR) is 75.3 cm³/mol. The molecule has 0 spiro atoms. The van der Waals surface area contributed by atoms with Gasteiger partial charge in [0.1, 0.15) is 11.5 Å². The summed E-state index contributed by atoms with van der Waals surface area (Å²) in [6.07, 6.45) is 0. The standard InChI is InChI=1S/2C7H7ClO.Zr/c2*8-5-6-2-1-3-7(9)4-6;/h2*1-4,9H,5H2;. The van der Waals surface area contributed by atoms with Gasteiger partial charge in [-0.25, -0.2) is 0 Å². The maximum absolute atomic E-state index is 8.89. The quantitative estimate of drug-likeness (QED) is 0.769. The summed E-state index contributed by atoms with van der Waals surface area (Å²) in [4.78, 5) is 0. The van der Waals surface area contributed by atoms with Crippen molar-refractivity contribution in [2.75, 3.05) is 0 Å². The summed E-state index contributed by atoms with van der Waals surface area (Å²) in [5.74, 6) is 1.45. The molecule has 2 aromatic rings. The molecule has 0 aliphatic rings. The first-order valence-electron chi connectivity index (χ1n) is 5.33. The summed E-state index contributed by atoms with van der Waals surface area (Å²) in [6, 6.07) is 13.8. The molecule has 0 amide bonds. The van der Waals surface area contributed by atoms with E-state index in [1.807, 2.05) is 12.1 Å². The van der Waals surface area contributed by atoms with Gasteiger partial charge in [-0.15, -0.1) is 23.2 Å². The van der Waals surface area contributed by atoms with Crippen LogP contribution in [-0.2, 0) is 38.0 Å². The molecule has 0 heterocycles. The van der Waals surface area contributed by atoms with Gasteiger partial charge in [0.25, 0.3) is 0 Å². The van der Waals surface area contributed by atoms with Gasteiger partial charge in [-0.05, 0) is 35.4 Å². The van der Waals surface area contributed by atoms with Crippen molar-refractivity contribution in [2.24, 2.45) is 0 Å². The summed E-state index contributed by atoms with van der Waals surface area (Å²) in [7, 11) is 0. The Kier molecular flexibility index (Phi) is 10.0. The average Bonchev–Trinajstić information content (AvgIpc) is 2.39. The molecule has 2 nitrogen and oxygen atoms in total. The minimum atomic E-state index is 0. The van der Waals surface area contributed by atoms with Crippen LogP contribution in [0.15, 0.2) is 48.5 Å². The average molecular weight is 376 g/mol. The van der Waals surface area contributed by atoms with Crippen molar-refractivity contribution in [1.82, 2.24) is 0 Å². The van der Waals surface area contributed by atoms with Crippen molar-refractivity contribution in [3.05, 3.63) is 59.7 Å². The van der Waals surface area contributed by atoms with E-state index >= 15 is 0 Å². The van der Waals surface area contributed by atoms with Crippen molar-refractivity contribution in [2.45, 2.75) is 11.8 Å². The fourth-order valence-electron chi connectivity index (χ4n) is 1.28. The van der Waals surface area contributed by atoms with Gasteiger partial charge in [0.15, 0.2) is 0 Å². The molecule has 0 saturated heterocycles. The Balaban J connectivity index is 0.000000324. The minimum Gasteiger partial charge on any atom is -0.508 e. The zero-order valence-corrected chi connectivity index (χ0v) is 14.2. The van der Waals surface area contributed by atoms with Crippen LogP contribution in [-0.4, -0.2) is 10.2 Å². The Hall–Kier alpha value is -0.497. The minimum absolute atomic E-state index is 0. The van der Waals surface area contributed by atoms with Crippen molar-refractivity contribution in [1.29, 1.82) is 0 Å². The van der Waals surface area contributed by atoms with Gasteiger partial charge in [0, 0.05) is 38.0 Å². The SMILES string of the molecule is Oc1cccc(CCl)c1.Oc1cccc(CCl)c1.[Zr]. The van der Waals surface area contributed by atoms with E-state index in [0.29, 0.717) is 11.8 Å². The molecule has 0 fully saturated rings. The molecular formula is C14H14Cl2O2Zr. The van der Waals surface area contributed by atoms with Crippen molar-refractivity contribution < 1.29 is 36.4 Å². The molecule has 0 atom stereocenters. The molecule has 19 heavy (non-hydrogen) atoms. The van der Waals surface area contributed by atoms with E-state index in [0.717, 1.165) is 11.1 Å². The number of aromatic hydroxyl groups is 2. The molecule has 2 aromatic carbocycles. The normalized spacial score (nSPS) is 8.95. The van der Waals surface area contributed by atoms with E-state index in [9.17, 15) is 0 Å². The van der Waals surface area contributed by atoms with Gasteiger partial charge in [0.2, 0.25) is 0 Å². The molecule has 100 valence electrons. The van der Waals surface area contributed by atoms with E-state index in [1.165, 1.54) is 0 Å². The van der Waals surface area contributed by atoms with Crippen LogP contribution in [0.4, 0.5) is 0 Å². The topological polar surface area (TPSA) is 40.5 Å². The number of phenolic OH excluding ortho intramolecular Hbond substituents is 2. The first-order valence-corrected chi connectivity index (χ1v) is 6.40. The van der Waals surface area contributed by atoms with Crippen LogP contribution in [0, 0.1) is 0 Å². The molecule has 0 bridgehead atoms. The maximum atomic E-state index is 8.89. The molecule has 2 rings (SSSR count). The number of hydrogen-bond acceptors (Lipinski definition) is 2. The van der Waals surface area contributed by atoms with E-state index in [2.05, 4.69) is 0 Å². The maximum Gasteiger partial charge on any atom is 0.115 e. The largest absolute Gasteiger partial charge is 0.508 e. The van der Waals surface area contributed by atoms with Crippen LogP contribution in [0.5, 0.6) is 11.5 Å². The summed E-state index contributed by atoms with van der Waals surface area (Å²) in [5.41, 5.74) is 1.88. The smallest absolute Gasteiger partial charge is 0.115 e. The molecule has 0 radical (unpaired) electrons. The van der Waals surface area contributed by atoms with Crippen LogP contribution in [0.2, 0.25) is 0 Å². The van der Waals surface area contributed by atoms with Gasteiger partial charge < -0.3 is 10.2 Å². The van der Waals surface area contributed by atoms with E-state index < -0.39 is 0 Å². The summed E-state index contributed by atoms with van der Waals surface area (Å²) in [5, 5.41) is 17.8. The molecule has 0 aliphatic carbocycles. The number of phenols is 2. The molecule has 2 N–H and O–H groups in total. The number of benzene rings is 2. The Morgan fingerprint density at radius 3 is 1.32 bits per heavy atom. The fourth-order valence-corrected chi connectivity index (χ4v) is 1.61. The molecule has 0 unspecified atom stereocenters. The molecule has 0 saturated carbocycles. The zero-order valence-electron chi connectivity index (χ0n) is 10.2. The number of rotatable bonds is 2. The second-order valence-corrected chi connectivity index (χ2v) is 4.14. The zero-order chi connectivity index (χ0) is 13.4. The van der Waals surface area contributed by atoms with Gasteiger partial charge in [-0.1, -0.05) is 24.3 Å². The first-order chi connectivity index (χ1) is 8.65. The Morgan fingerprint density at radius 2 is 1.11 bits per heavy atom. The molecule has 0 aliphatic heterocycles. The Labute approximate surface area is 142 Å².